The Morgan fingerprint density at radius 2 is 1.76 bits per heavy atom. The van der Waals surface area contributed by atoms with Gasteiger partial charge in [0.1, 0.15) is 23.5 Å². The third kappa shape index (κ3) is 4.93. The van der Waals surface area contributed by atoms with Gasteiger partial charge in [0, 0.05) is 38.2 Å². The van der Waals surface area contributed by atoms with Crippen molar-refractivity contribution < 1.29 is 27.5 Å². The lowest BCUT2D eigenvalue weighted by Gasteiger charge is -2.32. The summed E-state index contributed by atoms with van der Waals surface area (Å²) >= 11 is 0. The largest absolute Gasteiger partial charge is 0.383 e. The number of likely N-dealkylation sites (tertiary alicyclic amines) is 1. The molecule has 0 spiro atoms. The molecule has 25 heavy (non-hydrogen) atoms. The molecule has 1 amide bonds. The molecule has 1 aromatic carbocycles. The highest BCUT2D eigenvalue weighted by atomic mass is 35.5. The Balaban J connectivity index is 0.00000312. The summed E-state index contributed by atoms with van der Waals surface area (Å²) in [6.45, 7) is 0.609. The molecule has 2 rings (SSSR count). The number of ether oxygens (including phenoxy) is 1. The van der Waals surface area contributed by atoms with Crippen LogP contribution in [-0.2, 0) is 9.53 Å². The third-order valence-electron chi connectivity index (χ3n) is 4.09. The number of nitrogens with zero attached hydrogens (tertiary/aromatic N) is 1. The first-order valence-corrected chi connectivity index (χ1v) is 7.57. The van der Waals surface area contributed by atoms with Crippen LogP contribution >= 0.6 is 12.4 Å². The van der Waals surface area contributed by atoms with Crippen LogP contribution < -0.4 is 5.73 Å². The number of hydrogen-bond acceptors (Lipinski definition) is 4. The summed E-state index contributed by atoms with van der Waals surface area (Å²) in [6.07, 6.45) is 0.529. The quantitative estimate of drug-likeness (QED) is 0.792. The van der Waals surface area contributed by atoms with Crippen molar-refractivity contribution in [2.45, 2.75) is 18.9 Å². The zero-order valence-corrected chi connectivity index (χ0v) is 14.5. The topological polar surface area (TPSA) is 72.6 Å². The van der Waals surface area contributed by atoms with Crippen LogP contribution in [0.1, 0.15) is 23.2 Å². The summed E-state index contributed by atoms with van der Waals surface area (Å²) in [7, 11) is 1.43. The second-order valence-electron chi connectivity index (χ2n) is 5.77. The molecule has 9 heteroatoms. The standard InChI is InChI=1S/C16H19F3N2O3.ClH/c1-24-8-13(20)16(23)21-4-2-9(3-5-21)15(22)14-11(18)6-10(17)7-12(14)19;/h6-7,9,13H,2-5,8,20H2,1H3;1H. The van der Waals surface area contributed by atoms with Gasteiger partial charge in [0.05, 0.1) is 12.2 Å². The Kier molecular flexibility index (Phi) is 7.85. The maximum absolute atomic E-state index is 13.7. The van der Waals surface area contributed by atoms with Crippen molar-refractivity contribution in [2.24, 2.45) is 11.7 Å². The highest BCUT2D eigenvalue weighted by Gasteiger charge is 2.32. The average Bonchev–Trinajstić information content (AvgIpc) is 2.53. The monoisotopic (exact) mass is 380 g/mol. The Morgan fingerprint density at radius 1 is 1.24 bits per heavy atom. The van der Waals surface area contributed by atoms with Gasteiger partial charge in [-0.2, -0.15) is 0 Å². The lowest BCUT2D eigenvalue weighted by atomic mass is 9.88. The van der Waals surface area contributed by atoms with E-state index in [1.165, 1.54) is 12.0 Å². The molecule has 1 aliphatic heterocycles. The molecule has 0 aliphatic carbocycles. The SMILES string of the molecule is COCC(N)C(=O)N1CCC(C(=O)c2c(F)cc(F)cc2F)CC1.Cl. The molecule has 0 bridgehead atoms. The minimum Gasteiger partial charge on any atom is -0.383 e. The Morgan fingerprint density at radius 3 is 2.24 bits per heavy atom. The number of Topliss-reactive ketones (excluding diaryl/α,β-unsaturated/α-hetero) is 1. The van der Waals surface area contributed by atoms with Gasteiger partial charge in [0.2, 0.25) is 5.91 Å². The minimum atomic E-state index is -1.21. The van der Waals surface area contributed by atoms with E-state index in [0.29, 0.717) is 12.1 Å². The van der Waals surface area contributed by atoms with Crippen molar-refractivity contribution in [3.8, 4) is 0 Å². The van der Waals surface area contributed by atoms with Crippen LogP contribution in [0.5, 0.6) is 0 Å². The molecule has 1 fully saturated rings. The fourth-order valence-corrected chi connectivity index (χ4v) is 2.83. The Bertz CT molecular complexity index is 614. The summed E-state index contributed by atoms with van der Waals surface area (Å²) in [5.74, 6) is -5.12. The van der Waals surface area contributed by atoms with E-state index in [9.17, 15) is 22.8 Å². The molecule has 140 valence electrons. The molecular formula is C16H20ClF3N2O3. The van der Waals surface area contributed by atoms with Crippen LogP contribution in [0.15, 0.2) is 12.1 Å². The molecule has 2 N–H and O–H groups in total. The van der Waals surface area contributed by atoms with Crippen LogP contribution in [0.3, 0.4) is 0 Å². The number of amides is 1. The van der Waals surface area contributed by atoms with E-state index in [1.54, 1.807) is 0 Å². The second-order valence-corrected chi connectivity index (χ2v) is 5.77. The first-order chi connectivity index (χ1) is 11.3. The maximum atomic E-state index is 13.7. The Hall–Kier alpha value is -1.64. The third-order valence-corrected chi connectivity index (χ3v) is 4.09. The highest BCUT2D eigenvalue weighted by molar-refractivity contribution is 5.98. The van der Waals surface area contributed by atoms with Crippen molar-refractivity contribution in [3.63, 3.8) is 0 Å². The predicted octanol–water partition coefficient (Wildman–Crippen LogP) is 1.92. The fourth-order valence-electron chi connectivity index (χ4n) is 2.83. The van der Waals surface area contributed by atoms with E-state index in [4.69, 9.17) is 10.5 Å². The molecule has 0 aromatic heterocycles. The van der Waals surface area contributed by atoms with Gasteiger partial charge in [-0.05, 0) is 12.8 Å². The van der Waals surface area contributed by atoms with Crippen LogP contribution in [0.4, 0.5) is 13.2 Å². The van der Waals surface area contributed by atoms with Crippen molar-refractivity contribution in [2.75, 3.05) is 26.8 Å². The normalized spacial score (nSPS) is 16.3. The summed E-state index contributed by atoms with van der Waals surface area (Å²) in [6, 6.07) is 0.187. The smallest absolute Gasteiger partial charge is 0.241 e. The van der Waals surface area contributed by atoms with Crippen LogP contribution in [-0.4, -0.2) is 49.4 Å². The zero-order chi connectivity index (χ0) is 17.9. The Labute approximate surface area is 149 Å². The molecule has 1 unspecified atom stereocenters. The number of ketones is 1. The average molecular weight is 381 g/mol. The summed E-state index contributed by atoms with van der Waals surface area (Å²) in [4.78, 5) is 25.9. The number of hydrogen-bond donors (Lipinski definition) is 1. The lowest BCUT2D eigenvalue weighted by Crippen LogP contribution is -2.49. The van der Waals surface area contributed by atoms with Gasteiger partial charge >= 0.3 is 0 Å². The number of carbonyl (C=O) groups is 2. The number of nitrogens with two attached hydrogens (primary N) is 1. The predicted molar refractivity (Wildman–Crippen MR) is 87.0 cm³/mol. The van der Waals surface area contributed by atoms with Gasteiger partial charge in [-0.3, -0.25) is 9.59 Å². The van der Waals surface area contributed by atoms with E-state index in [1.807, 2.05) is 0 Å². The molecule has 0 radical (unpaired) electrons. The number of benzene rings is 1. The number of carbonyl (C=O) groups excluding carboxylic acids is 2. The van der Waals surface area contributed by atoms with Gasteiger partial charge in [0.25, 0.3) is 0 Å². The number of piperidine rings is 1. The molecular weight excluding hydrogens is 361 g/mol. The van der Waals surface area contributed by atoms with E-state index < -0.39 is 40.8 Å². The number of halogens is 4. The maximum Gasteiger partial charge on any atom is 0.241 e. The number of methoxy groups -OCH3 is 1. The minimum absolute atomic E-state index is 0. The van der Waals surface area contributed by atoms with Crippen molar-refractivity contribution in [3.05, 3.63) is 35.1 Å². The molecule has 0 saturated carbocycles. The van der Waals surface area contributed by atoms with Gasteiger partial charge in [-0.1, -0.05) is 0 Å². The second kappa shape index (κ2) is 9.17. The number of rotatable bonds is 5. The summed E-state index contributed by atoms with van der Waals surface area (Å²) in [5, 5.41) is 0. The summed E-state index contributed by atoms with van der Waals surface area (Å²) < 4.78 is 45.2. The van der Waals surface area contributed by atoms with Crippen LogP contribution in [0.2, 0.25) is 0 Å². The lowest BCUT2D eigenvalue weighted by molar-refractivity contribution is -0.135. The molecule has 1 aliphatic rings. The van der Waals surface area contributed by atoms with Crippen molar-refractivity contribution in [1.82, 2.24) is 4.90 Å². The van der Waals surface area contributed by atoms with Gasteiger partial charge in [-0.15, -0.1) is 12.4 Å². The molecule has 5 nitrogen and oxygen atoms in total. The van der Waals surface area contributed by atoms with Crippen molar-refractivity contribution in [1.29, 1.82) is 0 Å². The first-order valence-electron chi connectivity index (χ1n) is 7.57. The first kappa shape index (κ1) is 21.4. The van der Waals surface area contributed by atoms with Gasteiger partial charge < -0.3 is 15.4 Å². The molecule has 1 heterocycles. The van der Waals surface area contributed by atoms with Crippen molar-refractivity contribution >= 4 is 24.1 Å². The van der Waals surface area contributed by atoms with Gasteiger partial charge in [0.15, 0.2) is 5.78 Å². The fraction of sp³-hybridized carbons (Fsp3) is 0.500. The molecule has 1 atom stereocenters. The van der Waals surface area contributed by atoms with E-state index in [2.05, 4.69) is 0 Å². The summed E-state index contributed by atoms with van der Waals surface area (Å²) in [5.41, 5.74) is 4.96. The van der Waals surface area contributed by atoms with Crippen LogP contribution in [0.25, 0.3) is 0 Å². The van der Waals surface area contributed by atoms with Crippen LogP contribution in [0, 0.1) is 23.4 Å². The van der Waals surface area contributed by atoms with E-state index >= 15 is 0 Å². The van der Waals surface area contributed by atoms with E-state index in [-0.39, 0.29) is 50.9 Å². The highest BCUT2D eigenvalue weighted by Crippen LogP contribution is 2.25. The molecule has 1 saturated heterocycles. The molecule has 1 aromatic rings. The van der Waals surface area contributed by atoms with Gasteiger partial charge in [-0.25, -0.2) is 13.2 Å². The zero-order valence-electron chi connectivity index (χ0n) is 13.6. The van der Waals surface area contributed by atoms with E-state index in [0.717, 1.165) is 0 Å².